The van der Waals surface area contributed by atoms with Crippen molar-refractivity contribution in [3.05, 3.63) is 17.6 Å². The van der Waals surface area contributed by atoms with Crippen molar-refractivity contribution in [1.29, 1.82) is 0 Å². The van der Waals surface area contributed by atoms with Gasteiger partial charge in [0.05, 0.1) is 6.61 Å². The first-order valence-corrected chi connectivity index (χ1v) is 6.89. The highest BCUT2D eigenvalue weighted by Gasteiger charge is 2.10. The molecule has 1 aromatic heterocycles. The van der Waals surface area contributed by atoms with Crippen LogP contribution in [-0.2, 0) is 4.74 Å². The van der Waals surface area contributed by atoms with E-state index in [2.05, 4.69) is 34.4 Å². The predicted molar refractivity (Wildman–Crippen MR) is 78.9 cm³/mol. The quantitative estimate of drug-likeness (QED) is 0.708. The van der Waals surface area contributed by atoms with Crippen LogP contribution in [0.4, 0.5) is 5.82 Å². The Labute approximate surface area is 120 Å². The molecule has 0 unspecified atom stereocenters. The van der Waals surface area contributed by atoms with Gasteiger partial charge in [-0.25, -0.2) is 9.97 Å². The van der Waals surface area contributed by atoms with Crippen molar-refractivity contribution in [2.24, 2.45) is 5.92 Å². The van der Waals surface area contributed by atoms with E-state index in [1.54, 1.807) is 20.1 Å². The highest BCUT2D eigenvalue weighted by atomic mass is 16.5. The van der Waals surface area contributed by atoms with Crippen molar-refractivity contribution in [2.75, 3.05) is 32.1 Å². The molecule has 1 aromatic rings. The molecule has 112 valence electrons. The molecule has 6 nitrogen and oxygen atoms in total. The number of hydrogen-bond acceptors (Lipinski definition) is 5. The van der Waals surface area contributed by atoms with Gasteiger partial charge in [-0.2, -0.15) is 0 Å². The van der Waals surface area contributed by atoms with Crippen molar-refractivity contribution in [3.63, 3.8) is 0 Å². The highest BCUT2D eigenvalue weighted by molar-refractivity contribution is 5.92. The van der Waals surface area contributed by atoms with Gasteiger partial charge in [0.25, 0.3) is 5.91 Å². The van der Waals surface area contributed by atoms with E-state index >= 15 is 0 Å². The van der Waals surface area contributed by atoms with E-state index in [9.17, 15) is 4.79 Å². The van der Waals surface area contributed by atoms with Crippen LogP contribution < -0.4 is 10.6 Å². The monoisotopic (exact) mass is 280 g/mol. The van der Waals surface area contributed by atoms with Gasteiger partial charge < -0.3 is 15.4 Å². The molecule has 0 spiro atoms. The minimum atomic E-state index is -0.161. The summed E-state index contributed by atoms with van der Waals surface area (Å²) in [5.74, 6) is 1.62. The van der Waals surface area contributed by atoms with Crippen molar-refractivity contribution in [1.82, 2.24) is 15.3 Å². The minimum absolute atomic E-state index is 0.161. The van der Waals surface area contributed by atoms with Gasteiger partial charge in [0.1, 0.15) is 17.3 Å². The highest BCUT2D eigenvalue weighted by Crippen LogP contribution is 2.06. The summed E-state index contributed by atoms with van der Waals surface area (Å²) >= 11 is 0. The van der Waals surface area contributed by atoms with Crippen molar-refractivity contribution < 1.29 is 9.53 Å². The lowest BCUT2D eigenvalue weighted by molar-refractivity contribution is 0.0946. The van der Waals surface area contributed by atoms with E-state index in [0.717, 1.165) is 6.42 Å². The van der Waals surface area contributed by atoms with Crippen LogP contribution in [0.5, 0.6) is 0 Å². The standard InChI is InChI=1S/C14H24N4O2/c1-10(2)5-6-16-14(19)12-9-13(15-7-8-20-4)18-11(3)17-12/h9-10H,5-8H2,1-4H3,(H,16,19)(H,15,17,18). The van der Waals surface area contributed by atoms with E-state index in [-0.39, 0.29) is 5.91 Å². The SMILES string of the molecule is COCCNc1cc(C(=O)NCCC(C)C)nc(C)n1. The third-order valence-corrected chi connectivity index (χ3v) is 2.69. The van der Waals surface area contributed by atoms with Crippen LogP contribution >= 0.6 is 0 Å². The summed E-state index contributed by atoms with van der Waals surface area (Å²) in [5.41, 5.74) is 0.390. The summed E-state index contributed by atoms with van der Waals surface area (Å²) in [6.45, 7) is 7.90. The smallest absolute Gasteiger partial charge is 0.270 e. The molecule has 0 aromatic carbocycles. The summed E-state index contributed by atoms with van der Waals surface area (Å²) in [4.78, 5) is 20.4. The van der Waals surface area contributed by atoms with Crippen LogP contribution in [0.1, 0.15) is 36.6 Å². The molecule has 0 aliphatic heterocycles. The average Bonchev–Trinajstić information content (AvgIpc) is 2.38. The summed E-state index contributed by atoms with van der Waals surface area (Å²) in [5, 5.41) is 5.97. The molecule has 0 aliphatic carbocycles. The maximum absolute atomic E-state index is 12.0. The zero-order valence-electron chi connectivity index (χ0n) is 12.7. The second kappa shape index (κ2) is 8.47. The Balaban J connectivity index is 2.61. The first-order valence-electron chi connectivity index (χ1n) is 6.89. The first kappa shape index (κ1) is 16.4. The number of carbonyl (C=O) groups excluding carboxylic acids is 1. The number of aryl methyl sites for hydroxylation is 1. The molecule has 0 saturated carbocycles. The van der Waals surface area contributed by atoms with Crippen molar-refractivity contribution >= 4 is 11.7 Å². The molecular weight excluding hydrogens is 256 g/mol. The lowest BCUT2D eigenvalue weighted by Gasteiger charge is -2.09. The summed E-state index contributed by atoms with van der Waals surface area (Å²) in [6.07, 6.45) is 0.953. The molecule has 0 saturated heterocycles. The summed E-state index contributed by atoms with van der Waals surface area (Å²) < 4.78 is 4.96. The number of carbonyl (C=O) groups is 1. The fourth-order valence-electron chi connectivity index (χ4n) is 1.62. The molecule has 0 bridgehead atoms. The number of rotatable bonds is 8. The normalized spacial score (nSPS) is 10.7. The Morgan fingerprint density at radius 3 is 2.75 bits per heavy atom. The number of nitrogens with one attached hydrogen (secondary N) is 2. The molecule has 0 aliphatic rings. The third kappa shape index (κ3) is 5.97. The summed E-state index contributed by atoms with van der Waals surface area (Å²) in [6, 6.07) is 1.66. The largest absolute Gasteiger partial charge is 0.383 e. The zero-order valence-corrected chi connectivity index (χ0v) is 12.7. The molecule has 0 fully saturated rings. The number of aromatic nitrogens is 2. The second-order valence-corrected chi connectivity index (χ2v) is 5.04. The molecule has 6 heteroatoms. The van der Waals surface area contributed by atoms with E-state index in [1.165, 1.54) is 0 Å². The molecule has 1 heterocycles. The van der Waals surface area contributed by atoms with Crippen LogP contribution in [0.15, 0.2) is 6.07 Å². The van der Waals surface area contributed by atoms with Crippen LogP contribution in [-0.4, -0.2) is 42.7 Å². The minimum Gasteiger partial charge on any atom is -0.383 e. The lowest BCUT2D eigenvalue weighted by atomic mass is 10.1. The number of amides is 1. The number of nitrogens with zero attached hydrogens (tertiary/aromatic N) is 2. The maximum atomic E-state index is 12.0. The van der Waals surface area contributed by atoms with Gasteiger partial charge in [0.15, 0.2) is 0 Å². The Morgan fingerprint density at radius 2 is 2.10 bits per heavy atom. The zero-order chi connectivity index (χ0) is 15.0. The van der Waals surface area contributed by atoms with Crippen molar-refractivity contribution in [3.8, 4) is 0 Å². The Hall–Kier alpha value is -1.69. The van der Waals surface area contributed by atoms with Crippen molar-refractivity contribution in [2.45, 2.75) is 27.2 Å². The molecule has 0 radical (unpaired) electrons. The molecule has 20 heavy (non-hydrogen) atoms. The van der Waals surface area contributed by atoms with Crippen LogP contribution in [0, 0.1) is 12.8 Å². The van der Waals surface area contributed by atoms with Gasteiger partial charge in [0.2, 0.25) is 0 Å². The van der Waals surface area contributed by atoms with E-state index in [4.69, 9.17) is 4.74 Å². The van der Waals surface area contributed by atoms with Crippen LogP contribution in [0.3, 0.4) is 0 Å². The number of hydrogen-bond donors (Lipinski definition) is 2. The molecule has 1 rings (SSSR count). The van der Waals surface area contributed by atoms with E-state index < -0.39 is 0 Å². The molecule has 2 N–H and O–H groups in total. The second-order valence-electron chi connectivity index (χ2n) is 5.04. The molecule has 1 amide bonds. The van der Waals surface area contributed by atoms with Gasteiger partial charge in [-0.3, -0.25) is 4.79 Å². The van der Waals surface area contributed by atoms with Crippen LogP contribution in [0.2, 0.25) is 0 Å². The van der Waals surface area contributed by atoms with Gasteiger partial charge >= 0.3 is 0 Å². The molecular formula is C14H24N4O2. The van der Waals surface area contributed by atoms with E-state index in [0.29, 0.717) is 43.0 Å². The third-order valence-electron chi connectivity index (χ3n) is 2.69. The fourth-order valence-corrected chi connectivity index (χ4v) is 1.62. The van der Waals surface area contributed by atoms with E-state index in [1.807, 2.05) is 0 Å². The van der Waals surface area contributed by atoms with Gasteiger partial charge in [-0.1, -0.05) is 13.8 Å². The Morgan fingerprint density at radius 1 is 1.35 bits per heavy atom. The number of methoxy groups -OCH3 is 1. The summed E-state index contributed by atoms with van der Waals surface area (Å²) in [7, 11) is 1.64. The molecule has 0 atom stereocenters. The maximum Gasteiger partial charge on any atom is 0.270 e. The lowest BCUT2D eigenvalue weighted by Crippen LogP contribution is -2.26. The Kier molecular flexibility index (Phi) is 6.93. The topological polar surface area (TPSA) is 76.1 Å². The Bertz CT molecular complexity index is 435. The first-order chi connectivity index (χ1) is 9.52. The fraction of sp³-hybridized carbons (Fsp3) is 0.643. The van der Waals surface area contributed by atoms with Crippen LogP contribution in [0.25, 0.3) is 0 Å². The van der Waals surface area contributed by atoms with Gasteiger partial charge in [0, 0.05) is 26.3 Å². The van der Waals surface area contributed by atoms with Gasteiger partial charge in [-0.05, 0) is 19.3 Å². The number of ether oxygens (including phenoxy) is 1. The predicted octanol–water partition coefficient (Wildman–Crippen LogP) is 1.62. The average molecular weight is 280 g/mol. The van der Waals surface area contributed by atoms with Gasteiger partial charge in [-0.15, -0.1) is 0 Å². The number of anilines is 1.